The molecule has 0 fully saturated rings. The van der Waals surface area contributed by atoms with Crippen LogP contribution >= 0.6 is 0 Å². The van der Waals surface area contributed by atoms with E-state index in [0.29, 0.717) is 0 Å². The highest BCUT2D eigenvalue weighted by atomic mass is 28.2. The Morgan fingerprint density at radius 3 is 2.12 bits per heavy atom. The lowest BCUT2D eigenvalue weighted by atomic mass is 10.2. The van der Waals surface area contributed by atoms with Crippen molar-refractivity contribution < 1.29 is 0 Å². The minimum Gasteiger partial charge on any atom is -0.0730 e. The Morgan fingerprint density at radius 2 is 1.31 bits per heavy atom. The van der Waals surface area contributed by atoms with Crippen molar-refractivity contribution in [3.8, 4) is 5.19 Å². The summed E-state index contributed by atoms with van der Waals surface area (Å²) in [6.07, 6.45) is 0. The lowest BCUT2D eigenvalue weighted by Gasteiger charge is -2.02. The number of benzene rings is 2. The average Bonchev–Trinajstić information content (AvgIpc) is 2.39. The van der Waals surface area contributed by atoms with Crippen molar-refractivity contribution in [3.63, 3.8) is 0 Å². The van der Waals surface area contributed by atoms with Crippen molar-refractivity contribution in [2.45, 2.75) is 0 Å². The molecule has 0 saturated heterocycles. The molecule has 1 heterocycles. The highest BCUT2D eigenvalue weighted by Gasteiger charge is 1.98. The van der Waals surface area contributed by atoms with Crippen LogP contribution in [0.5, 0.6) is 0 Å². The van der Waals surface area contributed by atoms with Crippen LogP contribution < -0.4 is 0 Å². The predicted molar refractivity (Wildman–Crippen MR) is 71.2 cm³/mol. The van der Waals surface area contributed by atoms with Gasteiger partial charge in [-0.2, -0.15) is 0 Å². The molecule has 3 rings (SSSR count). The highest BCUT2D eigenvalue weighted by molar-refractivity contribution is 6.64. The van der Waals surface area contributed by atoms with E-state index in [4.69, 9.17) is 0 Å². The molecule has 0 amide bonds. The van der Waals surface area contributed by atoms with Gasteiger partial charge in [0.1, 0.15) is 0 Å². The zero-order chi connectivity index (χ0) is 10.8. The number of hydrogen-bond acceptors (Lipinski definition) is 0. The Kier molecular flexibility index (Phi) is 2.39. The predicted octanol–water partition coefficient (Wildman–Crippen LogP) is 3.85. The fourth-order valence-electron chi connectivity index (χ4n) is 2.00. The third-order valence-electron chi connectivity index (χ3n) is 2.86. The van der Waals surface area contributed by atoms with Gasteiger partial charge < -0.3 is 0 Å². The molecule has 0 bridgehead atoms. The summed E-state index contributed by atoms with van der Waals surface area (Å²) in [6.45, 7) is 0. The number of rotatable bonds is 1. The molecule has 3 aromatic rings. The lowest BCUT2D eigenvalue weighted by Crippen LogP contribution is -1.94. The molecule has 0 N–H and O–H groups in total. The van der Waals surface area contributed by atoms with E-state index in [-0.39, 0.29) is 0 Å². The largest absolute Gasteiger partial charge is 0.0730 e. The van der Waals surface area contributed by atoms with Gasteiger partial charge in [-0.1, -0.05) is 72.0 Å². The zero-order valence-electron chi connectivity index (χ0n) is 8.93. The van der Waals surface area contributed by atoms with Crippen LogP contribution in [-0.2, 0) is 0 Å². The molecule has 0 aliphatic rings. The van der Waals surface area contributed by atoms with Gasteiger partial charge in [0.05, 0.1) is 8.40 Å². The quantitative estimate of drug-likeness (QED) is 0.546. The maximum absolute atomic E-state index is 2.43. The summed E-state index contributed by atoms with van der Waals surface area (Å²) in [4.78, 5) is 0. The standard InChI is InChI=1S/C15H12Si/c1-2-8-15(9-3-1)16-11-10-13-6-4-5-7-14(13)12-16/h1-12H. The molecule has 0 spiro atoms. The van der Waals surface area contributed by atoms with E-state index in [9.17, 15) is 0 Å². The average molecular weight is 220 g/mol. The van der Waals surface area contributed by atoms with Gasteiger partial charge in [0.2, 0.25) is 0 Å². The molecule has 0 aliphatic heterocycles. The maximum atomic E-state index is 2.43. The van der Waals surface area contributed by atoms with Gasteiger partial charge in [-0.15, -0.1) is 0 Å². The van der Waals surface area contributed by atoms with Crippen molar-refractivity contribution in [3.05, 3.63) is 72.0 Å². The first-order valence-electron chi connectivity index (χ1n) is 5.48. The molecule has 0 nitrogen and oxygen atoms in total. The van der Waals surface area contributed by atoms with Crippen molar-refractivity contribution >= 4 is 19.2 Å². The maximum Gasteiger partial charge on any atom is 0.0730 e. The second-order valence-electron chi connectivity index (χ2n) is 3.93. The molecule has 76 valence electrons. The normalized spacial score (nSPS) is 10.5. The van der Waals surface area contributed by atoms with E-state index < -0.39 is 8.40 Å². The van der Waals surface area contributed by atoms with Gasteiger partial charge in [0.15, 0.2) is 0 Å². The molecule has 2 aromatic carbocycles. The first kappa shape index (κ1) is 9.49. The summed E-state index contributed by atoms with van der Waals surface area (Å²) in [6, 6.07) is 21.6. The van der Waals surface area contributed by atoms with Crippen molar-refractivity contribution in [1.82, 2.24) is 0 Å². The third-order valence-corrected chi connectivity index (χ3v) is 5.00. The fraction of sp³-hybridized carbons (Fsp3) is 0. The van der Waals surface area contributed by atoms with Gasteiger partial charge in [-0.05, 0) is 16.0 Å². The van der Waals surface area contributed by atoms with Crippen LogP contribution in [0.4, 0.5) is 0 Å². The minimum atomic E-state index is -0.643. The van der Waals surface area contributed by atoms with Crippen LogP contribution in [0.3, 0.4) is 0 Å². The van der Waals surface area contributed by atoms with Crippen LogP contribution in [-0.4, -0.2) is 8.40 Å². The van der Waals surface area contributed by atoms with Crippen molar-refractivity contribution in [2.75, 3.05) is 0 Å². The number of fused-ring (bicyclic) bond motifs is 1. The summed E-state index contributed by atoms with van der Waals surface area (Å²) in [5.74, 6) is 0. The monoisotopic (exact) mass is 220 g/mol. The molecule has 0 radical (unpaired) electrons. The van der Waals surface area contributed by atoms with E-state index in [0.717, 1.165) is 0 Å². The lowest BCUT2D eigenvalue weighted by molar-refractivity contribution is 1.74. The Hall–Kier alpha value is -1.73. The summed E-state index contributed by atoms with van der Waals surface area (Å²) >= 11 is 0. The Morgan fingerprint density at radius 1 is 0.625 bits per heavy atom. The summed E-state index contributed by atoms with van der Waals surface area (Å²) in [5.41, 5.74) is 4.79. The van der Waals surface area contributed by atoms with Crippen molar-refractivity contribution in [1.29, 1.82) is 0 Å². The van der Waals surface area contributed by atoms with Gasteiger partial charge >= 0.3 is 0 Å². The van der Waals surface area contributed by atoms with E-state index in [1.165, 1.54) is 16.0 Å². The molecule has 0 saturated carbocycles. The van der Waals surface area contributed by atoms with Gasteiger partial charge in [0.25, 0.3) is 0 Å². The first-order chi connectivity index (χ1) is 7.93. The molecule has 0 aliphatic carbocycles. The van der Waals surface area contributed by atoms with Crippen LogP contribution in [0.25, 0.3) is 16.0 Å². The van der Waals surface area contributed by atoms with Gasteiger partial charge in [0, 0.05) is 0 Å². The summed E-state index contributed by atoms with van der Waals surface area (Å²) in [5, 5.41) is 4.17. The summed E-state index contributed by atoms with van der Waals surface area (Å²) < 4.78 is 0. The number of hydrogen-bond donors (Lipinski definition) is 0. The summed E-state index contributed by atoms with van der Waals surface area (Å²) in [7, 11) is -0.643. The van der Waals surface area contributed by atoms with E-state index in [1.807, 2.05) is 0 Å². The van der Waals surface area contributed by atoms with Crippen LogP contribution in [0.1, 0.15) is 0 Å². The van der Waals surface area contributed by atoms with Crippen LogP contribution in [0.2, 0.25) is 0 Å². The Labute approximate surface area is 96.7 Å². The second-order valence-corrected chi connectivity index (χ2v) is 6.04. The van der Waals surface area contributed by atoms with Gasteiger partial charge in [-0.3, -0.25) is 0 Å². The SMILES string of the molecule is c1ccc(-[si]2ccc3ccccc3c2)cc1. The Balaban J connectivity index is 2.19. The van der Waals surface area contributed by atoms with Crippen LogP contribution in [0.15, 0.2) is 72.0 Å². The molecule has 0 unspecified atom stereocenters. The highest BCUT2D eigenvalue weighted by Crippen LogP contribution is 2.15. The molecule has 1 aromatic heterocycles. The van der Waals surface area contributed by atoms with E-state index in [2.05, 4.69) is 72.0 Å². The van der Waals surface area contributed by atoms with E-state index in [1.54, 1.807) is 0 Å². The molecule has 0 atom stereocenters. The fourth-order valence-corrected chi connectivity index (χ4v) is 3.99. The topological polar surface area (TPSA) is 0 Å². The minimum absolute atomic E-state index is 0.643. The van der Waals surface area contributed by atoms with E-state index >= 15 is 0 Å². The van der Waals surface area contributed by atoms with Crippen LogP contribution in [0, 0.1) is 0 Å². The molecule has 1 heteroatoms. The Bertz CT molecular complexity index is 614. The zero-order valence-corrected chi connectivity index (χ0v) is 9.93. The smallest absolute Gasteiger partial charge is 0.0730 e. The first-order valence-corrected chi connectivity index (χ1v) is 7.13. The van der Waals surface area contributed by atoms with Gasteiger partial charge in [-0.25, -0.2) is 0 Å². The molecule has 16 heavy (non-hydrogen) atoms. The van der Waals surface area contributed by atoms with Crippen molar-refractivity contribution in [2.24, 2.45) is 0 Å². The molecular formula is C15H12Si. The second kappa shape index (κ2) is 4.03. The third kappa shape index (κ3) is 1.70. The molecular weight excluding hydrogens is 208 g/mol.